The monoisotopic (exact) mass is 161 g/mol. The Kier molecular flexibility index (Phi) is 1.87. The van der Waals surface area contributed by atoms with E-state index in [1.807, 2.05) is 0 Å². The average Bonchev–Trinajstić information content (AvgIpc) is 2.14. The summed E-state index contributed by atoms with van der Waals surface area (Å²) >= 11 is 4.65. The Balaban J connectivity index is 2.66. The van der Waals surface area contributed by atoms with E-state index in [-0.39, 0.29) is 0 Å². The molecule has 5 heteroatoms. The van der Waals surface area contributed by atoms with E-state index in [1.165, 1.54) is 0 Å². The zero-order chi connectivity index (χ0) is 7.72. The molecular formula is C5H7NO3S. The molecule has 0 aromatic rings. The number of thiocarbonyl (C=S) groups is 1. The molecule has 0 radical (unpaired) electrons. The van der Waals surface area contributed by atoms with E-state index in [0.717, 1.165) is 0 Å². The highest BCUT2D eigenvalue weighted by molar-refractivity contribution is 7.80. The number of aliphatic carboxylic acids is 1. The van der Waals surface area contributed by atoms with Crippen LogP contribution in [-0.4, -0.2) is 32.4 Å². The standard InChI is InChI=1S/C5H7NO3S/c7-5(8)3-1-2-4(10)6(3)9/h3,9H,1-2H2,(H,7,8)/t3-/m0/s1. The predicted octanol–water partition coefficient (Wildman–Crippen LogP) is 0.252. The fourth-order valence-electron chi connectivity index (χ4n) is 0.899. The SMILES string of the molecule is O=C(O)[C@@H]1CCC(=S)N1O. The summed E-state index contributed by atoms with van der Waals surface area (Å²) in [6.07, 6.45) is 0.896. The first-order valence-corrected chi connectivity index (χ1v) is 3.27. The maximum absolute atomic E-state index is 10.3. The van der Waals surface area contributed by atoms with E-state index >= 15 is 0 Å². The molecule has 2 N–H and O–H groups in total. The van der Waals surface area contributed by atoms with Gasteiger partial charge in [-0.3, -0.25) is 5.21 Å². The van der Waals surface area contributed by atoms with E-state index in [9.17, 15) is 4.79 Å². The molecule has 56 valence electrons. The first kappa shape index (κ1) is 7.43. The molecule has 4 nitrogen and oxygen atoms in total. The molecule has 1 atom stereocenters. The van der Waals surface area contributed by atoms with Gasteiger partial charge in [0.05, 0.1) is 0 Å². The molecule has 1 aliphatic heterocycles. The van der Waals surface area contributed by atoms with Crippen molar-refractivity contribution in [2.24, 2.45) is 0 Å². The third kappa shape index (κ3) is 1.10. The van der Waals surface area contributed by atoms with Crippen molar-refractivity contribution in [1.29, 1.82) is 0 Å². The largest absolute Gasteiger partial charge is 0.480 e. The molecule has 0 unspecified atom stereocenters. The van der Waals surface area contributed by atoms with Crippen LogP contribution in [0.25, 0.3) is 0 Å². The molecule has 0 aromatic heterocycles. The van der Waals surface area contributed by atoms with E-state index in [2.05, 4.69) is 12.2 Å². The van der Waals surface area contributed by atoms with Gasteiger partial charge in [-0.05, 0) is 6.42 Å². The molecule has 0 saturated carbocycles. The predicted molar refractivity (Wildman–Crippen MR) is 36.9 cm³/mol. The number of carboxylic acids is 1. The van der Waals surface area contributed by atoms with Gasteiger partial charge in [-0.2, -0.15) is 0 Å². The summed E-state index contributed by atoms with van der Waals surface area (Å²) in [5.41, 5.74) is 0. The lowest BCUT2D eigenvalue weighted by molar-refractivity contribution is -0.151. The summed E-state index contributed by atoms with van der Waals surface area (Å²) in [4.78, 5) is 10.6. The highest BCUT2D eigenvalue weighted by Crippen LogP contribution is 2.17. The van der Waals surface area contributed by atoms with E-state index in [1.54, 1.807) is 0 Å². The Morgan fingerprint density at radius 3 is 2.60 bits per heavy atom. The van der Waals surface area contributed by atoms with Crippen LogP contribution in [0.15, 0.2) is 0 Å². The molecule has 0 aromatic carbocycles. The van der Waals surface area contributed by atoms with Crippen LogP contribution in [0.2, 0.25) is 0 Å². The summed E-state index contributed by atoms with van der Waals surface area (Å²) < 4.78 is 0. The van der Waals surface area contributed by atoms with Gasteiger partial charge in [-0.15, -0.1) is 0 Å². The minimum absolute atomic E-state index is 0.312. The van der Waals surface area contributed by atoms with Gasteiger partial charge in [0.25, 0.3) is 0 Å². The number of hydrogen-bond acceptors (Lipinski definition) is 3. The van der Waals surface area contributed by atoms with Gasteiger partial charge in [0.2, 0.25) is 0 Å². The van der Waals surface area contributed by atoms with Gasteiger partial charge in [-0.1, -0.05) is 12.2 Å². The Hall–Kier alpha value is -0.680. The van der Waals surface area contributed by atoms with Gasteiger partial charge in [0, 0.05) is 6.42 Å². The van der Waals surface area contributed by atoms with Crippen LogP contribution in [0.5, 0.6) is 0 Å². The first-order valence-electron chi connectivity index (χ1n) is 2.86. The van der Waals surface area contributed by atoms with Gasteiger partial charge < -0.3 is 5.11 Å². The summed E-state index contributed by atoms with van der Waals surface area (Å²) in [7, 11) is 0. The van der Waals surface area contributed by atoms with Gasteiger partial charge in [-0.25, -0.2) is 9.86 Å². The van der Waals surface area contributed by atoms with Crippen LogP contribution in [-0.2, 0) is 4.79 Å². The highest BCUT2D eigenvalue weighted by atomic mass is 32.1. The van der Waals surface area contributed by atoms with Crippen LogP contribution in [0.4, 0.5) is 0 Å². The second-order valence-corrected chi connectivity index (χ2v) is 2.60. The Morgan fingerprint density at radius 2 is 2.40 bits per heavy atom. The number of nitrogens with zero attached hydrogens (tertiary/aromatic N) is 1. The molecule has 0 aliphatic carbocycles. The second-order valence-electron chi connectivity index (χ2n) is 2.13. The maximum atomic E-state index is 10.3. The van der Waals surface area contributed by atoms with Crippen molar-refractivity contribution in [1.82, 2.24) is 5.06 Å². The molecule has 1 fully saturated rings. The van der Waals surface area contributed by atoms with Crippen molar-refractivity contribution in [2.45, 2.75) is 18.9 Å². The second kappa shape index (κ2) is 2.51. The minimum atomic E-state index is -1.03. The van der Waals surface area contributed by atoms with E-state index in [0.29, 0.717) is 22.9 Å². The van der Waals surface area contributed by atoms with Gasteiger partial charge in [0.1, 0.15) is 4.99 Å². The molecule has 1 aliphatic rings. The Morgan fingerprint density at radius 1 is 1.80 bits per heavy atom. The van der Waals surface area contributed by atoms with E-state index in [4.69, 9.17) is 10.3 Å². The minimum Gasteiger partial charge on any atom is -0.480 e. The van der Waals surface area contributed by atoms with Gasteiger partial charge >= 0.3 is 5.97 Å². The van der Waals surface area contributed by atoms with Crippen molar-refractivity contribution in [3.8, 4) is 0 Å². The third-order valence-corrected chi connectivity index (χ3v) is 1.86. The highest BCUT2D eigenvalue weighted by Gasteiger charge is 2.32. The lowest BCUT2D eigenvalue weighted by Crippen LogP contribution is -2.34. The number of carboxylic acid groups (broad SMARTS) is 1. The molecule has 10 heavy (non-hydrogen) atoms. The first-order chi connectivity index (χ1) is 4.63. The molecular weight excluding hydrogens is 154 g/mol. The zero-order valence-corrected chi connectivity index (χ0v) is 5.97. The van der Waals surface area contributed by atoms with Crippen molar-refractivity contribution >= 4 is 23.2 Å². The number of hydroxylamine groups is 2. The molecule has 0 spiro atoms. The summed E-state index contributed by atoms with van der Waals surface area (Å²) in [6.45, 7) is 0. The van der Waals surface area contributed by atoms with Crippen LogP contribution in [0.3, 0.4) is 0 Å². The zero-order valence-electron chi connectivity index (χ0n) is 5.15. The summed E-state index contributed by atoms with van der Waals surface area (Å²) in [5.74, 6) is -1.03. The topological polar surface area (TPSA) is 60.8 Å². The number of carbonyl (C=O) groups is 1. The van der Waals surface area contributed by atoms with Crippen molar-refractivity contribution in [3.63, 3.8) is 0 Å². The fraction of sp³-hybridized carbons (Fsp3) is 0.600. The molecule has 1 rings (SSSR count). The van der Waals surface area contributed by atoms with Crippen LogP contribution >= 0.6 is 12.2 Å². The van der Waals surface area contributed by atoms with Crippen LogP contribution in [0.1, 0.15) is 12.8 Å². The Labute approximate surface area is 63.0 Å². The van der Waals surface area contributed by atoms with Crippen LogP contribution in [0, 0.1) is 0 Å². The summed E-state index contributed by atoms with van der Waals surface area (Å²) in [5, 5.41) is 18.0. The van der Waals surface area contributed by atoms with Crippen molar-refractivity contribution < 1.29 is 15.1 Å². The van der Waals surface area contributed by atoms with Crippen molar-refractivity contribution in [2.75, 3.05) is 0 Å². The smallest absolute Gasteiger partial charge is 0.328 e. The molecule has 0 bridgehead atoms. The van der Waals surface area contributed by atoms with Crippen molar-refractivity contribution in [3.05, 3.63) is 0 Å². The summed E-state index contributed by atoms with van der Waals surface area (Å²) in [6, 6.07) is -0.826. The number of hydrogen-bond donors (Lipinski definition) is 2. The number of rotatable bonds is 1. The third-order valence-electron chi connectivity index (χ3n) is 1.47. The Bertz CT molecular complexity index is 182. The van der Waals surface area contributed by atoms with E-state index < -0.39 is 12.0 Å². The molecule has 0 amide bonds. The normalized spacial score (nSPS) is 25.5. The van der Waals surface area contributed by atoms with Crippen LogP contribution < -0.4 is 0 Å². The lowest BCUT2D eigenvalue weighted by atomic mass is 10.2. The molecule has 1 saturated heterocycles. The maximum Gasteiger partial charge on any atom is 0.328 e. The quantitative estimate of drug-likeness (QED) is 0.540. The molecule has 1 heterocycles. The average molecular weight is 161 g/mol. The fourth-order valence-corrected chi connectivity index (χ4v) is 1.14. The lowest BCUT2D eigenvalue weighted by Gasteiger charge is -2.13. The van der Waals surface area contributed by atoms with Gasteiger partial charge in [0.15, 0.2) is 6.04 Å².